The van der Waals surface area contributed by atoms with Gasteiger partial charge in [-0.25, -0.2) is 9.98 Å². The number of nitrogens with one attached hydrogen (secondary N) is 1. The Morgan fingerprint density at radius 2 is 1.11 bits per heavy atom. The number of aliphatic imine (C=N–C) groups is 2. The second kappa shape index (κ2) is 12.8. The van der Waals surface area contributed by atoms with Crippen LogP contribution in [0, 0.1) is 0 Å². The topological polar surface area (TPSA) is 41.7 Å². The van der Waals surface area contributed by atoms with Crippen LogP contribution in [0.25, 0.3) is 79.0 Å². The van der Waals surface area contributed by atoms with E-state index in [1.54, 1.807) is 0 Å². The fraction of sp³-hybridized carbons (Fsp3) is 0.0196. The summed E-state index contributed by atoms with van der Waals surface area (Å²) < 4.78 is 7.61. The van der Waals surface area contributed by atoms with Crippen molar-refractivity contribution < 1.29 is 0 Å². The van der Waals surface area contributed by atoms with Crippen LogP contribution in [-0.2, 0) is 0 Å². The molecule has 0 radical (unpaired) electrons. The van der Waals surface area contributed by atoms with Gasteiger partial charge in [-0.1, -0.05) is 146 Å². The van der Waals surface area contributed by atoms with Crippen molar-refractivity contribution >= 4 is 96.5 Å². The monoisotopic (exact) mass is 764 g/mol. The van der Waals surface area contributed by atoms with Gasteiger partial charge in [-0.05, 0) is 53.1 Å². The van der Waals surface area contributed by atoms with Gasteiger partial charge in [0.05, 0.1) is 21.4 Å². The Bertz CT molecular complexity index is 3390. The maximum absolute atomic E-state index is 5.15. The molecular weight excluding hydrogens is 733 g/mol. The van der Waals surface area contributed by atoms with Crippen molar-refractivity contribution in [3.63, 3.8) is 0 Å². The summed E-state index contributed by atoms with van der Waals surface area (Å²) in [7, 11) is 0. The number of nitrogens with zero attached hydrogens (tertiary/aromatic N) is 3. The zero-order chi connectivity index (χ0) is 37.5. The van der Waals surface area contributed by atoms with Crippen molar-refractivity contribution in [1.82, 2.24) is 9.88 Å². The predicted molar refractivity (Wildman–Crippen MR) is 244 cm³/mol. The summed E-state index contributed by atoms with van der Waals surface area (Å²) in [5.74, 6) is 1.56. The van der Waals surface area contributed by atoms with Crippen LogP contribution < -0.4 is 5.32 Å². The highest BCUT2D eigenvalue weighted by Crippen LogP contribution is 2.45. The number of fused-ring (bicyclic) bond motifs is 9. The Balaban J connectivity index is 0.962. The molecule has 0 aliphatic carbocycles. The maximum atomic E-state index is 5.15. The van der Waals surface area contributed by atoms with Crippen LogP contribution in [0.5, 0.6) is 0 Å². The fourth-order valence-electron chi connectivity index (χ4n) is 8.60. The molecule has 268 valence electrons. The molecule has 4 nitrogen and oxygen atoms in total. The van der Waals surface area contributed by atoms with Crippen LogP contribution in [0.1, 0.15) is 22.9 Å². The van der Waals surface area contributed by atoms with Crippen molar-refractivity contribution in [2.75, 3.05) is 0 Å². The lowest BCUT2D eigenvalue weighted by molar-refractivity contribution is 0.675. The van der Waals surface area contributed by atoms with Crippen molar-refractivity contribution in [1.29, 1.82) is 0 Å². The molecule has 1 unspecified atom stereocenters. The van der Waals surface area contributed by atoms with Gasteiger partial charge >= 0.3 is 0 Å². The van der Waals surface area contributed by atoms with Gasteiger partial charge in [0.15, 0.2) is 5.84 Å². The highest BCUT2D eigenvalue weighted by Gasteiger charge is 2.23. The van der Waals surface area contributed by atoms with Crippen LogP contribution >= 0.6 is 22.7 Å². The fourth-order valence-corrected chi connectivity index (χ4v) is 11.1. The lowest BCUT2D eigenvalue weighted by atomic mass is 10.0. The first-order chi connectivity index (χ1) is 28.2. The summed E-state index contributed by atoms with van der Waals surface area (Å²) in [4.78, 5) is 10.1. The van der Waals surface area contributed by atoms with Gasteiger partial charge in [-0.2, -0.15) is 0 Å². The molecule has 8 aromatic carbocycles. The zero-order valence-corrected chi connectivity index (χ0v) is 32.2. The van der Waals surface area contributed by atoms with Gasteiger partial charge in [-0.15, -0.1) is 22.7 Å². The Labute approximate surface area is 336 Å². The van der Waals surface area contributed by atoms with E-state index in [1.165, 1.54) is 79.0 Å². The Hall–Kier alpha value is -6.86. The maximum Gasteiger partial charge on any atom is 0.159 e. The first kappa shape index (κ1) is 32.4. The van der Waals surface area contributed by atoms with Crippen LogP contribution in [0.2, 0.25) is 0 Å². The third kappa shape index (κ3) is 5.18. The van der Waals surface area contributed by atoms with Crippen LogP contribution in [0.3, 0.4) is 0 Å². The van der Waals surface area contributed by atoms with E-state index in [-0.39, 0.29) is 6.17 Å². The van der Waals surface area contributed by atoms with E-state index in [0.717, 1.165) is 28.4 Å². The molecule has 12 rings (SSSR count). The minimum atomic E-state index is -0.279. The number of thiophene rings is 2. The van der Waals surface area contributed by atoms with Crippen LogP contribution in [-0.4, -0.2) is 16.2 Å². The molecule has 11 aromatic rings. The van der Waals surface area contributed by atoms with Crippen molar-refractivity contribution in [2.24, 2.45) is 9.98 Å². The molecule has 0 saturated heterocycles. The van der Waals surface area contributed by atoms with E-state index in [9.17, 15) is 0 Å². The van der Waals surface area contributed by atoms with Crippen molar-refractivity contribution in [3.05, 3.63) is 199 Å². The molecule has 57 heavy (non-hydrogen) atoms. The third-order valence-electron chi connectivity index (χ3n) is 11.3. The standard InChI is InChI=1S/C51H32N4S2/c1-3-13-31(14-4-1)49-52-50(32-15-5-2-6-16-32)54-51(53-49)34-26-28-45-41(29-34)40-20-11-19-35(47(40)56-45)33-25-27-38-39-21-12-24-44(48(39)57-46(38)30-33)55-42-22-9-7-17-36(42)37-18-8-10-23-43(37)55/h1-30,51H,(H,52,53,54). The largest absolute Gasteiger partial charge is 0.344 e. The summed E-state index contributed by atoms with van der Waals surface area (Å²) >= 11 is 3.76. The number of amidine groups is 2. The minimum Gasteiger partial charge on any atom is -0.344 e. The van der Waals surface area contributed by atoms with Crippen LogP contribution in [0.15, 0.2) is 192 Å². The van der Waals surface area contributed by atoms with Gasteiger partial charge < -0.3 is 9.88 Å². The Kier molecular flexibility index (Phi) is 7.30. The van der Waals surface area contributed by atoms with Crippen molar-refractivity contribution in [2.45, 2.75) is 6.17 Å². The number of benzene rings is 8. The molecule has 0 bridgehead atoms. The number of aromatic nitrogens is 1. The lowest BCUT2D eigenvalue weighted by Gasteiger charge is -2.23. The molecule has 1 atom stereocenters. The predicted octanol–water partition coefficient (Wildman–Crippen LogP) is 13.7. The highest BCUT2D eigenvalue weighted by molar-refractivity contribution is 7.27. The van der Waals surface area contributed by atoms with Crippen molar-refractivity contribution in [3.8, 4) is 16.8 Å². The molecule has 0 amide bonds. The Morgan fingerprint density at radius 1 is 0.456 bits per heavy atom. The number of rotatable bonds is 5. The Morgan fingerprint density at radius 3 is 1.88 bits per heavy atom. The SMILES string of the molecule is c1ccc(C2=NC(c3ccc4sc5c(-c6ccc7c(c6)sc6c(-n8c9ccccc9c9ccccc98)cccc67)cccc5c4c3)NC(c3ccccc3)=N2)cc1. The van der Waals surface area contributed by atoms with E-state index in [4.69, 9.17) is 9.98 Å². The normalized spacial score (nSPS) is 14.5. The first-order valence-electron chi connectivity index (χ1n) is 19.2. The summed E-state index contributed by atoms with van der Waals surface area (Å²) in [5, 5.41) is 11.3. The highest BCUT2D eigenvalue weighted by atomic mass is 32.1. The summed E-state index contributed by atoms with van der Waals surface area (Å²) in [6.45, 7) is 0. The van der Waals surface area contributed by atoms with E-state index < -0.39 is 0 Å². The average molecular weight is 765 g/mol. The van der Waals surface area contributed by atoms with E-state index in [2.05, 4.69) is 155 Å². The molecule has 0 spiro atoms. The van der Waals surface area contributed by atoms with Gasteiger partial charge in [-0.3, -0.25) is 0 Å². The van der Waals surface area contributed by atoms with Gasteiger partial charge in [0, 0.05) is 57.5 Å². The molecule has 0 saturated carbocycles. The molecule has 1 aliphatic heterocycles. The van der Waals surface area contributed by atoms with Gasteiger partial charge in [0.2, 0.25) is 0 Å². The summed E-state index contributed by atoms with van der Waals surface area (Å²) in [6.07, 6.45) is -0.279. The molecule has 4 heterocycles. The second-order valence-electron chi connectivity index (χ2n) is 14.6. The van der Waals surface area contributed by atoms with E-state index >= 15 is 0 Å². The van der Waals surface area contributed by atoms with Gasteiger partial charge in [0.25, 0.3) is 0 Å². The van der Waals surface area contributed by atoms with Gasteiger partial charge in [0.1, 0.15) is 12.0 Å². The average Bonchev–Trinajstić information content (AvgIpc) is 3.96. The van der Waals surface area contributed by atoms with Crippen LogP contribution in [0.4, 0.5) is 0 Å². The number of hydrogen-bond donors (Lipinski definition) is 1. The summed E-state index contributed by atoms with van der Waals surface area (Å²) in [5.41, 5.74) is 9.34. The second-order valence-corrected chi connectivity index (χ2v) is 16.7. The number of hydrogen-bond acceptors (Lipinski definition) is 5. The third-order valence-corrected chi connectivity index (χ3v) is 13.7. The molecular formula is C51H32N4S2. The van der Waals surface area contributed by atoms with E-state index in [1.807, 2.05) is 59.1 Å². The molecule has 0 fully saturated rings. The first-order valence-corrected chi connectivity index (χ1v) is 20.8. The molecule has 3 aromatic heterocycles. The zero-order valence-electron chi connectivity index (χ0n) is 30.6. The quantitative estimate of drug-likeness (QED) is 0.186. The summed E-state index contributed by atoms with van der Waals surface area (Å²) in [6, 6.07) is 65.4. The smallest absolute Gasteiger partial charge is 0.159 e. The number of para-hydroxylation sites is 2. The lowest BCUT2D eigenvalue weighted by Crippen LogP contribution is -2.33. The molecule has 1 N–H and O–H groups in total. The molecule has 6 heteroatoms. The van der Waals surface area contributed by atoms with E-state index in [0.29, 0.717) is 0 Å². The molecule has 1 aliphatic rings. The minimum absolute atomic E-state index is 0.279.